The molecule has 0 bridgehead atoms. The third-order valence-corrected chi connectivity index (χ3v) is 20.1. The Kier molecular flexibility index (Phi) is 30.4. The maximum atomic E-state index is 13.0. The largest absolute Gasteiger partial charge is 0.497 e. The Morgan fingerprint density at radius 3 is 0.669 bits per heavy atom. The number of carboxylic acid groups (broad SMARTS) is 6. The van der Waals surface area contributed by atoms with Gasteiger partial charge in [-0.05, 0) is 223 Å². The highest BCUT2D eigenvalue weighted by Crippen LogP contribution is 2.33. The molecule has 6 heterocycles. The van der Waals surface area contributed by atoms with E-state index in [0.29, 0.717) is 53.2 Å². The molecule has 136 heavy (non-hydrogen) atoms. The number of aromatic carboxylic acids is 6. The first-order chi connectivity index (χ1) is 65.2. The van der Waals surface area contributed by atoms with E-state index in [1.54, 1.807) is 221 Å². The minimum Gasteiger partial charge on any atom is -0.497 e. The number of ether oxygens (including phenoxy) is 4. The molecule has 684 valence electrons. The molecule has 0 aliphatic carbocycles. The first kappa shape index (κ1) is 95.2. The van der Waals surface area contributed by atoms with Crippen molar-refractivity contribution < 1.29 is 95.9 Å². The van der Waals surface area contributed by atoms with Crippen LogP contribution >= 0.6 is 0 Å². The molecular formula is C104H84F4N12O16. The molecule has 6 aromatic heterocycles. The number of halogens is 4. The molecule has 28 nitrogen and oxygen atoms in total. The van der Waals surface area contributed by atoms with Crippen molar-refractivity contribution in [3.63, 3.8) is 0 Å². The van der Waals surface area contributed by atoms with Crippen molar-refractivity contribution in [1.29, 1.82) is 0 Å². The van der Waals surface area contributed by atoms with E-state index in [9.17, 15) is 46.3 Å². The molecule has 0 amide bonds. The second-order valence-electron chi connectivity index (χ2n) is 30.2. The Morgan fingerprint density at radius 1 is 0.243 bits per heavy atom. The number of hydrogen-bond acceptors (Lipinski definition) is 16. The van der Waals surface area contributed by atoms with Crippen LogP contribution in [0.25, 0.3) is 101 Å². The molecule has 0 radical (unpaired) electrons. The first-order valence-electron chi connectivity index (χ1n) is 41.3. The summed E-state index contributed by atoms with van der Waals surface area (Å²) in [6.45, 7) is 5.45. The lowest BCUT2D eigenvalue weighted by Gasteiger charge is -2.13. The first-order valence-corrected chi connectivity index (χ1v) is 41.3. The Bertz CT molecular complexity index is 7260. The van der Waals surface area contributed by atoms with E-state index in [0.717, 1.165) is 73.1 Å². The summed E-state index contributed by atoms with van der Waals surface area (Å²) in [5.41, 5.74) is 18.9. The zero-order chi connectivity index (χ0) is 96.7. The average molecular weight is 1830 g/mol. The summed E-state index contributed by atoms with van der Waals surface area (Å²) in [5.74, 6) is -4.13. The lowest BCUT2D eigenvalue weighted by atomic mass is 10.1. The Labute approximate surface area is 774 Å². The minimum atomic E-state index is -3.26. The molecular weight excluding hydrogens is 1750 g/mol. The number of methoxy groups -OCH3 is 2. The number of alkyl halides is 4. The van der Waals surface area contributed by atoms with E-state index in [1.165, 1.54) is 64.3 Å². The van der Waals surface area contributed by atoms with Crippen LogP contribution in [0.2, 0.25) is 0 Å². The maximum absolute atomic E-state index is 13.0. The lowest BCUT2D eigenvalue weighted by Crippen LogP contribution is -2.19. The van der Waals surface area contributed by atoms with Gasteiger partial charge in [0.05, 0.1) is 119 Å². The minimum absolute atomic E-state index is 0.0469. The van der Waals surface area contributed by atoms with Gasteiger partial charge in [-0.3, -0.25) is 0 Å². The van der Waals surface area contributed by atoms with Crippen molar-refractivity contribution in [2.45, 2.75) is 39.9 Å². The van der Waals surface area contributed by atoms with Crippen LogP contribution in [0, 0.1) is 13.8 Å². The second kappa shape index (κ2) is 43.4. The third-order valence-electron chi connectivity index (χ3n) is 20.1. The zero-order valence-corrected chi connectivity index (χ0v) is 73.3. The second-order valence-corrected chi connectivity index (χ2v) is 30.2. The van der Waals surface area contributed by atoms with Gasteiger partial charge in [0.1, 0.15) is 23.0 Å². The monoisotopic (exact) mass is 1830 g/mol. The van der Waals surface area contributed by atoms with Crippen molar-refractivity contribution in [2.24, 2.45) is 0 Å². The standard InChI is InChI=1S/2C18H14F2N2O3.2C17H14N2O3.2C17H14N2O2/c1-18(19,20)25-16-7-3-4-12(9-16)14-10-21-22(11-14)15-6-2-5-13(8-15)17(23)24;1-18(19,20)25-16-4-2-3-13(9-16)14-10-21-22(11-14)15-7-5-12(6-8-15)17(23)24;1-22-16-7-3-4-12(9-16)14-10-18-19(11-14)15-6-2-5-13(8-15)17(20)21;1-22-16-4-2-3-13(9-16)14-10-18-19(11-14)15-7-5-12(6-8-15)17(20)21;1-12-4-2-5-13(8-12)15-10-18-19(11-15)16-7-3-6-14(9-16)17(20)21;1-12-3-2-4-14(9-12)15-10-18-19(11-15)16-7-5-13(6-8-16)17(20)21/h2*2-11H,1H3,(H,23,24);2*2-11H,1H3,(H,20,21);2*2-11H,1H3,(H,20,21). The van der Waals surface area contributed by atoms with E-state index >= 15 is 0 Å². The lowest BCUT2D eigenvalue weighted by molar-refractivity contribution is -0.159. The van der Waals surface area contributed by atoms with Gasteiger partial charge in [-0.2, -0.15) is 48.2 Å². The molecule has 0 aliphatic rings. The van der Waals surface area contributed by atoms with E-state index in [1.807, 2.05) is 123 Å². The molecule has 0 aliphatic heterocycles. The zero-order valence-electron chi connectivity index (χ0n) is 73.3. The Hall–Kier alpha value is -18.4. The summed E-state index contributed by atoms with van der Waals surface area (Å²) in [7, 11) is 3.26. The number of carboxylic acids is 6. The van der Waals surface area contributed by atoms with Crippen molar-refractivity contribution in [3.8, 4) is 124 Å². The maximum Gasteiger partial charge on any atom is 0.394 e. The van der Waals surface area contributed by atoms with Crippen LogP contribution in [0.5, 0.6) is 23.0 Å². The number of hydrogen-bond donors (Lipinski definition) is 6. The summed E-state index contributed by atoms with van der Waals surface area (Å²) in [5, 5.41) is 79.6. The molecule has 0 spiro atoms. The Balaban J connectivity index is 0.000000138. The normalized spacial score (nSPS) is 10.8. The Morgan fingerprint density at radius 2 is 0.449 bits per heavy atom. The molecule has 6 N–H and O–H groups in total. The van der Waals surface area contributed by atoms with Crippen LogP contribution in [0.1, 0.15) is 87.1 Å². The van der Waals surface area contributed by atoms with Crippen molar-refractivity contribution in [1.82, 2.24) is 58.7 Å². The van der Waals surface area contributed by atoms with Crippen LogP contribution in [-0.2, 0) is 0 Å². The molecule has 0 fully saturated rings. The number of benzene rings is 12. The number of carbonyl (C=O) groups is 6. The highest BCUT2D eigenvalue weighted by molar-refractivity contribution is 5.91. The fourth-order valence-corrected chi connectivity index (χ4v) is 13.4. The summed E-state index contributed by atoms with van der Waals surface area (Å²) in [6.07, 6.45) is 14.7. The number of aromatic nitrogens is 12. The predicted octanol–water partition coefficient (Wildman–Crippen LogP) is 22.0. The topological polar surface area (TPSA) is 368 Å². The van der Waals surface area contributed by atoms with Gasteiger partial charge in [0.15, 0.2) is 0 Å². The summed E-state index contributed by atoms with van der Waals surface area (Å²) in [6, 6.07) is 83.6. The molecule has 12 aromatic carbocycles. The number of nitrogens with zero attached hydrogens (tertiary/aromatic N) is 12. The smallest absolute Gasteiger partial charge is 0.394 e. The van der Waals surface area contributed by atoms with Gasteiger partial charge in [-0.25, -0.2) is 56.9 Å². The highest BCUT2D eigenvalue weighted by atomic mass is 19.3. The van der Waals surface area contributed by atoms with Gasteiger partial charge < -0.3 is 49.6 Å². The summed E-state index contributed by atoms with van der Waals surface area (Å²) >= 11 is 0. The SMILES string of the molecule is CC(F)(F)Oc1cccc(-c2cnn(-c3ccc(C(=O)O)cc3)c2)c1.CC(F)(F)Oc1cccc(-c2cnn(-c3cccc(C(=O)O)c3)c2)c1.COc1cccc(-c2cnn(-c3ccc(C(=O)O)cc3)c2)c1.COc1cccc(-c2cnn(-c3cccc(C(=O)O)c3)c2)c1.Cc1cccc(-c2cnn(-c3ccc(C(=O)O)cc3)c2)c1.Cc1cccc(-c2cnn(-c3cccc(C(=O)O)c3)c2)c1. The molecule has 0 saturated heterocycles. The van der Waals surface area contributed by atoms with Gasteiger partial charge in [0.25, 0.3) is 0 Å². The predicted molar refractivity (Wildman–Crippen MR) is 501 cm³/mol. The van der Waals surface area contributed by atoms with Crippen LogP contribution in [0.15, 0.2) is 366 Å². The molecule has 32 heteroatoms. The van der Waals surface area contributed by atoms with Gasteiger partial charge in [0.2, 0.25) is 0 Å². The van der Waals surface area contributed by atoms with E-state index < -0.39 is 48.0 Å². The number of rotatable bonds is 24. The van der Waals surface area contributed by atoms with Crippen LogP contribution < -0.4 is 18.9 Å². The molecule has 0 saturated carbocycles. The van der Waals surface area contributed by atoms with Gasteiger partial charge in [-0.1, -0.05) is 126 Å². The number of aryl methyl sites for hydroxylation is 2. The summed E-state index contributed by atoms with van der Waals surface area (Å²) < 4.78 is 81.4. The fourth-order valence-electron chi connectivity index (χ4n) is 13.4. The molecule has 0 unspecified atom stereocenters. The summed E-state index contributed by atoms with van der Waals surface area (Å²) in [4.78, 5) is 65.7. The van der Waals surface area contributed by atoms with Crippen LogP contribution in [-0.4, -0.2) is 152 Å². The average Bonchev–Trinajstić information content (AvgIpc) is 1.77. The van der Waals surface area contributed by atoms with E-state index in [-0.39, 0.29) is 44.9 Å². The van der Waals surface area contributed by atoms with Gasteiger partial charge >= 0.3 is 48.0 Å². The molecule has 18 rings (SSSR count). The van der Waals surface area contributed by atoms with Gasteiger partial charge in [0, 0.05) is 84.4 Å². The van der Waals surface area contributed by atoms with Gasteiger partial charge in [-0.15, -0.1) is 0 Å². The van der Waals surface area contributed by atoms with Crippen molar-refractivity contribution in [3.05, 3.63) is 410 Å². The fraction of sp³-hybridized carbons (Fsp3) is 0.0769. The van der Waals surface area contributed by atoms with E-state index in [2.05, 4.69) is 65.2 Å². The van der Waals surface area contributed by atoms with Crippen LogP contribution in [0.3, 0.4) is 0 Å². The quantitative estimate of drug-likeness (QED) is 0.0306. The third kappa shape index (κ3) is 26.0. The molecule has 18 aromatic rings. The van der Waals surface area contributed by atoms with Crippen LogP contribution in [0.4, 0.5) is 17.6 Å². The molecule has 0 atom stereocenters. The van der Waals surface area contributed by atoms with Crippen molar-refractivity contribution in [2.75, 3.05) is 14.2 Å². The highest BCUT2D eigenvalue weighted by Gasteiger charge is 2.25. The van der Waals surface area contributed by atoms with E-state index in [4.69, 9.17) is 40.1 Å². The van der Waals surface area contributed by atoms with Crippen molar-refractivity contribution >= 4 is 35.8 Å².